The highest BCUT2D eigenvalue weighted by Gasteiger charge is 2.31. The zero-order chi connectivity index (χ0) is 31.0. The molecule has 234 valence electrons. The summed E-state index contributed by atoms with van der Waals surface area (Å²) in [7, 11) is 4.52. The van der Waals surface area contributed by atoms with Crippen molar-refractivity contribution in [2.24, 2.45) is 0 Å². The third-order valence-electron chi connectivity index (χ3n) is 9.93. The van der Waals surface area contributed by atoms with Gasteiger partial charge in [0.1, 0.15) is 16.2 Å². The summed E-state index contributed by atoms with van der Waals surface area (Å²) in [4.78, 5) is 16.6. The Bertz CT molecular complexity index is 1870. The van der Waals surface area contributed by atoms with Gasteiger partial charge < -0.3 is 14.7 Å². The maximum Gasteiger partial charge on any atom is 0.146 e. The highest BCUT2D eigenvalue weighted by molar-refractivity contribution is 7.18. The molecule has 0 bridgehead atoms. The molecule has 0 saturated carbocycles. The zero-order valence-electron chi connectivity index (χ0n) is 26.7. The van der Waals surface area contributed by atoms with Crippen molar-refractivity contribution in [3.63, 3.8) is 0 Å². The van der Waals surface area contributed by atoms with Gasteiger partial charge in [0.2, 0.25) is 0 Å². The first kappa shape index (κ1) is 29.6. The van der Waals surface area contributed by atoms with Crippen molar-refractivity contribution in [3.05, 3.63) is 102 Å². The fourth-order valence-electron chi connectivity index (χ4n) is 7.31. The number of hydrogen-bond acceptors (Lipinski definition) is 6. The lowest BCUT2D eigenvalue weighted by Gasteiger charge is -2.46. The number of aromatic nitrogens is 2. The van der Waals surface area contributed by atoms with Gasteiger partial charge in [-0.25, -0.2) is 4.98 Å². The van der Waals surface area contributed by atoms with Crippen molar-refractivity contribution in [1.82, 2.24) is 19.4 Å². The Kier molecular flexibility index (Phi) is 8.25. The van der Waals surface area contributed by atoms with Gasteiger partial charge in [-0.2, -0.15) is 0 Å². The Balaban J connectivity index is 1.03. The van der Waals surface area contributed by atoms with Crippen LogP contribution >= 0.6 is 22.7 Å². The average Bonchev–Trinajstić information content (AvgIpc) is 3.85. The SMILES string of the molecule is CN1CCC(N(c2ccc(-c3ccc(-c4ccc(-c5nc6ccsc6n5-c5ccccc5)cc4)s3)cc2)C2CCN(C)CC2)CC1. The van der Waals surface area contributed by atoms with Crippen molar-refractivity contribution < 1.29 is 0 Å². The van der Waals surface area contributed by atoms with Gasteiger partial charge in [0, 0.05) is 38.8 Å². The van der Waals surface area contributed by atoms with Gasteiger partial charge in [-0.05, 0) is 125 Å². The molecule has 0 radical (unpaired) electrons. The van der Waals surface area contributed by atoms with Crippen molar-refractivity contribution in [2.75, 3.05) is 45.2 Å². The van der Waals surface area contributed by atoms with Crippen LogP contribution in [0, 0.1) is 0 Å². The molecule has 8 rings (SSSR count). The molecule has 5 heterocycles. The van der Waals surface area contributed by atoms with Crippen LogP contribution in [-0.4, -0.2) is 71.7 Å². The zero-order valence-corrected chi connectivity index (χ0v) is 28.3. The van der Waals surface area contributed by atoms with Crippen molar-refractivity contribution in [3.8, 4) is 38.0 Å². The largest absolute Gasteiger partial charge is 0.365 e. The standard InChI is InChI=1S/C39H41N5S2/c1-41-23-18-33(19-24-41)43(34-20-25-42(2)26-21-34)32-14-12-29(13-15-32)37-17-16-36(46-37)28-8-10-30(11-9-28)38-40-35-22-27-45-39(35)44(38)31-6-4-3-5-7-31/h3-17,22,27,33-34H,18-21,23-26H2,1-2H3. The fraction of sp³-hybridized carbons (Fsp3) is 0.308. The predicted octanol–water partition coefficient (Wildman–Crippen LogP) is 9.14. The van der Waals surface area contributed by atoms with E-state index in [0.29, 0.717) is 12.1 Å². The van der Waals surface area contributed by atoms with Crippen LogP contribution in [0.2, 0.25) is 0 Å². The van der Waals surface area contributed by atoms with Gasteiger partial charge in [0.25, 0.3) is 0 Å². The summed E-state index contributed by atoms with van der Waals surface area (Å²) in [5, 5.41) is 2.12. The molecule has 46 heavy (non-hydrogen) atoms. The summed E-state index contributed by atoms with van der Waals surface area (Å²) >= 11 is 3.61. The Morgan fingerprint density at radius 2 is 1.17 bits per heavy atom. The van der Waals surface area contributed by atoms with Crippen LogP contribution < -0.4 is 4.90 Å². The minimum absolute atomic E-state index is 0.633. The summed E-state index contributed by atoms with van der Waals surface area (Å²) in [6.07, 6.45) is 5.02. The van der Waals surface area contributed by atoms with Gasteiger partial charge in [-0.3, -0.25) is 4.57 Å². The number of para-hydroxylation sites is 1. The predicted molar refractivity (Wildman–Crippen MR) is 197 cm³/mol. The number of imidazole rings is 1. The van der Waals surface area contributed by atoms with E-state index in [4.69, 9.17) is 4.98 Å². The van der Waals surface area contributed by atoms with Crippen LogP contribution in [0.5, 0.6) is 0 Å². The molecule has 2 fully saturated rings. The minimum Gasteiger partial charge on any atom is -0.365 e. The molecule has 2 saturated heterocycles. The first-order chi connectivity index (χ1) is 22.6. The Morgan fingerprint density at radius 3 is 1.76 bits per heavy atom. The molecule has 6 aromatic rings. The number of anilines is 1. The number of fused-ring (bicyclic) bond motifs is 1. The van der Waals surface area contributed by atoms with Crippen LogP contribution in [0.4, 0.5) is 5.69 Å². The smallest absolute Gasteiger partial charge is 0.146 e. The third-order valence-corrected chi connectivity index (χ3v) is 12.0. The lowest BCUT2D eigenvalue weighted by atomic mass is 9.95. The Labute approximate surface area is 280 Å². The van der Waals surface area contributed by atoms with Crippen LogP contribution in [0.1, 0.15) is 25.7 Å². The second-order valence-electron chi connectivity index (χ2n) is 13.0. The number of piperidine rings is 2. The van der Waals surface area contributed by atoms with E-state index in [1.807, 2.05) is 11.3 Å². The molecule has 7 heteroatoms. The molecule has 0 aliphatic carbocycles. The second kappa shape index (κ2) is 12.8. The molecule has 0 amide bonds. The maximum absolute atomic E-state index is 5.02. The minimum atomic E-state index is 0.633. The van der Waals surface area contributed by atoms with E-state index in [1.54, 1.807) is 11.3 Å². The summed E-state index contributed by atoms with van der Waals surface area (Å²) in [5.41, 5.74) is 7.25. The number of hydrogen-bond donors (Lipinski definition) is 0. The molecule has 3 aromatic carbocycles. The summed E-state index contributed by atoms with van der Waals surface area (Å²) in [5.74, 6) is 0.987. The first-order valence-electron chi connectivity index (χ1n) is 16.6. The molecular formula is C39H41N5S2. The van der Waals surface area contributed by atoms with Crippen LogP contribution in [0.3, 0.4) is 0 Å². The quantitative estimate of drug-likeness (QED) is 0.173. The average molecular weight is 644 g/mol. The highest BCUT2D eigenvalue weighted by atomic mass is 32.1. The van der Waals surface area contributed by atoms with E-state index in [-0.39, 0.29) is 0 Å². The summed E-state index contributed by atoms with van der Waals surface area (Å²) in [6.45, 7) is 4.78. The summed E-state index contributed by atoms with van der Waals surface area (Å²) in [6, 6.07) is 36.9. The topological polar surface area (TPSA) is 27.5 Å². The number of benzene rings is 3. The Hall–Kier alpha value is -3.75. The van der Waals surface area contributed by atoms with Gasteiger partial charge in [-0.1, -0.05) is 54.6 Å². The molecule has 0 N–H and O–H groups in total. The maximum atomic E-state index is 5.02. The molecule has 0 spiro atoms. The van der Waals surface area contributed by atoms with E-state index in [1.165, 1.54) is 83.3 Å². The third kappa shape index (κ3) is 5.82. The molecule has 2 aliphatic heterocycles. The Morgan fingerprint density at radius 1 is 0.630 bits per heavy atom. The number of rotatable bonds is 7. The lowest BCUT2D eigenvalue weighted by molar-refractivity contribution is 0.212. The lowest BCUT2D eigenvalue weighted by Crippen LogP contribution is -2.51. The normalized spacial score (nSPS) is 17.2. The number of likely N-dealkylation sites (tertiary alicyclic amines) is 2. The van der Waals surface area contributed by atoms with E-state index in [0.717, 1.165) is 22.6 Å². The fourth-order valence-corrected chi connectivity index (χ4v) is 9.19. The van der Waals surface area contributed by atoms with Crippen LogP contribution in [-0.2, 0) is 0 Å². The molecular weight excluding hydrogens is 603 g/mol. The van der Waals surface area contributed by atoms with Gasteiger partial charge >= 0.3 is 0 Å². The van der Waals surface area contributed by atoms with Crippen LogP contribution in [0.25, 0.3) is 48.3 Å². The van der Waals surface area contributed by atoms with Gasteiger partial charge in [-0.15, -0.1) is 22.7 Å². The van der Waals surface area contributed by atoms with E-state index >= 15 is 0 Å². The number of nitrogens with zero attached hydrogens (tertiary/aromatic N) is 5. The number of thiophene rings is 2. The molecule has 0 atom stereocenters. The van der Waals surface area contributed by atoms with Gasteiger partial charge in [0.15, 0.2) is 0 Å². The van der Waals surface area contributed by atoms with Gasteiger partial charge in [0.05, 0.1) is 0 Å². The molecule has 3 aromatic heterocycles. The highest BCUT2D eigenvalue weighted by Crippen LogP contribution is 2.38. The van der Waals surface area contributed by atoms with Crippen molar-refractivity contribution in [1.29, 1.82) is 0 Å². The van der Waals surface area contributed by atoms with E-state index in [2.05, 4.69) is 136 Å². The van der Waals surface area contributed by atoms with Crippen molar-refractivity contribution in [2.45, 2.75) is 37.8 Å². The monoisotopic (exact) mass is 643 g/mol. The molecule has 2 aliphatic rings. The second-order valence-corrected chi connectivity index (χ2v) is 15.0. The van der Waals surface area contributed by atoms with E-state index < -0.39 is 0 Å². The van der Waals surface area contributed by atoms with E-state index in [9.17, 15) is 0 Å². The van der Waals surface area contributed by atoms with Crippen molar-refractivity contribution >= 4 is 38.7 Å². The first-order valence-corrected chi connectivity index (χ1v) is 18.3. The summed E-state index contributed by atoms with van der Waals surface area (Å²) < 4.78 is 2.28. The van der Waals surface area contributed by atoms with Crippen LogP contribution in [0.15, 0.2) is 102 Å². The molecule has 5 nitrogen and oxygen atoms in total. The molecule has 0 unspecified atom stereocenters.